The molecule has 34 heavy (non-hydrogen) atoms. The Kier molecular flexibility index (Phi) is 4.32. The Bertz CT molecular complexity index is 1510. The van der Waals surface area contributed by atoms with Crippen LogP contribution in [0, 0.1) is 6.92 Å². The first kappa shape index (κ1) is 19.2. The highest BCUT2D eigenvalue weighted by atomic mass is 14.9. The van der Waals surface area contributed by atoms with Gasteiger partial charge in [-0.25, -0.2) is 4.57 Å². The van der Waals surface area contributed by atoms with Gasteiger partial charge in [-0.05, 0) is 94.1 Å². The maximum Gasteiger partial charge on any atom is 0.213 e. The van der Waals surface area contributed by atoms with Crippen LogP contribution in [0.3, 0.4) is 0 Å². The Morgan fingerprint density at radius 3 is 2.09 bits per heavy atom. The van der Waals surface area contributed by atoms with Gasteiger partial charge in [0, 0.05) is 13.5 Å². The predicted octanol–water partition coefficient (Wildman–Crippen LogP) is 7.68. The molecule has 0 spiro atoms. The van der Waals surface area contributed by atoms with E-state index in [0.717, 1.165) is 38.5 Å². The first-order valence-corrected chi connectivity index (χ1v) is 12.9. The summed E-state index contributed by atoms with van der Waals surface area (Å²) in [4.78, 5) is 0. The quantitative estimate of drug-likeness (QED) is 0.242. The maximum atomic E-state index is 9.33. The third-order valence-corrected chi connectivity index (χ3v) is 8.55. The number of fused-ring (bicyclic) bond motifs is 7. The third kappa shape index (κ3) is 2.89. The molecule has 0 atom stereocenters. The lowest BCUT2D eigenvalue weighted by Gasteiger charge is -2.23. The Hall–Kier alpha value is -3.19. The van der Waals surface area contributed by atoms with Gasteiger partial charge in [0.2, 0.25) is 5.69 Å². The van der Waals surface area contributed by atoms with Crippen LogP contribution in [0.15, 0.2) is 66.9 Å². The van der Waals surface area contributed by atoms with Crippen molar-refractivity contribution in [1.29, 1.82) is 0 Å². The molecule has 1 saturated carbocycles. The van der Waals surface area contributed by atoms with E-state index < -0.39 is 5.89 Å². The molecule has 1 heteroatoms. The topological polar surface area (TPSA) is 3.88 Å². The Labute approximate surface area is 204 Å². The lowest BCUT2D eigenvalue weighted by molar-refractivity contribution is -0.660. The van der Waals surface area contributed by atoms with Crippen molar-refractivity contribution in [3.63, 3.8) is 0 Å². The highest BCUT2D eigenvalue weighted by Crippen LogP contribution is 2.52. The van der Waals surface area contributed by atoms with Gasteiger partial charge < -0.3 is 0 Å². The zero-order valence-electron chi connectivity index (χ0n) is 21.2. The molecule has 4 aromatic rings. The van der Waals surface area contributed by atoms with E-state index in [9.17, 15) is 1.37 Å². The highest BCUT2D eigenvalue weighted by Gasteiger charge is 2.35. The van der Waals surface area contributed by atoms with Crippen LogP contribution in [0.2, 0.25) is 0 Å². The molecule has 0 bridgehead atoms. The number of aryl methyl sites for hydroxylation is 1. The van der Waals surface area contributed by atoms with Gasteiger partial charge >= 0.3 is 0 Å². The fourth-order valence-electron chi connectivity index (χ4n) is 6.89. The molecule has 168 valence electrons. The number of hydrogen-bond donors (Lipinski definition) is 0. The summed E-state index contributed by atoms with van der Waals surface area (Å²) >= 11 is 0. The van der Waals surface area contributed by atoms with Gasteiger partial charge in [0.05, 0.1) is 5.56 Å². The van der Waals surface area contributed by atoms with Crippen molar-refractivity contribution in [1.82, 2.24) is 0 Å². The summed E-state index contributed by atoms with van der Waals surface area (Å²) in [6.45, 7) is 2.33. The van der Waals surface area contributed by atoms with Crippen LogP contribution in [0.25, 0.3) is 33.5 Å². The number of rotatable bonds is 2. The summed E-state index contributed by atoms with van der Waals surface area (Å²) < 4.78 is 11.6. The van der Waals surface area contributed by atoms with Gasteiger partial charge in [-0.1, -0.05) is 67.8 Å². The Balaban J connectivity index is 1.53. The second kappa shape index (κ2) is 7.67. The molecule has 7 rings (SSSR count). The average molecular weight is 444 g/mol. The number of aromatic nitrogens is 1. The maximum absolute atomic E-state index is 9.33. The molecular weight excluding hydrogens is 410 g/mol. The van der Waals surface area contributed by atoms with Crippen LogP contribution in [0.1, 0.15) is 72.7 Å². The minimum Gasteiger partial charge on any atom is -0.201 e. The monoisotopic (exact) mass is 443 g/mol. The number of hydrogen-bond acceptors (Lipinski definition) is 0. The van der Waals surface area contributed by atoms with Crippen LogP contribution in [0.5, 0.6) is 0 Å². The minimum atomic E-state index is -0.459. The van der Waals surface area contributed by atoms with E-state index in [1.165, 1.54) is 73.3 Å². The average Bonchev–Trinajstić information content (AvgIpc) is 3.45. The Morgan fingerprint density at radius 2 is 1.38 bits per heavy atom. The second-order valence-corrected chi connectivity index (χ2v) is 10.5. The van der Waals surface area contributed by atoms with E-state index in [-0.39, 0.29) is 0 Å². The van der Waals surface area contributed by atoms with Crippen molar-refractivity contribution in [2.45, 2.75) is 57.8 Å². The molecule has 1 nitrogen and oxygen atoms in total. The molecule has 0 N–H and O–H groups in total. The molecule has 0 amide bonds. The van der Waals surface area contributed by atoms with E-state index in [0.29, 0.717) is 0 Å². The van der Waals surface area contributed by atoms with Gasteiger partial charge in [0.25, 0.3) is 0 Å². The van der Waals surface area contributed by atoms with Crippen molar-refractivity contribution >= 4 is 0 Å². The molecule has 0 saturated heterocycles. The van der Waals surface area contributed by atoms with E-state index in [1.54, 1.807) is 0 Å². The molecule has 3 aromatic carbocycles. The number of pyridine rings is 1. The first-order valence-electron chi connectivity index (χ1n) is 13.4. The minimum absolute atomic E-state index is 0.459. The van der Waals surface area contributed by atoms with Crippen LogP contribution < -0.4 is 4.57 Å². The van der Waals surface area contributed by atoms with Crippen LogP contribution in [-0.4, -0.2) is 0 Å². The van der Waals surface area contributed by atoms with Gasteiger partial charge in [-0.3, -0.25) is 0 Å². The molecule has 1 aromatic heterocycles. The zero-order chi connectivity index (χ0) is 23.7. The molecule has 0 radical (unpaired) electrons. The highest BCUT2D eigenvalue weighted by molar-refractivity contribution is 5.98. The smallest absolute Gasteiger partial charge is 0.201 e. The summed E-state index contributed by atoms with van der Waals surface area (Å²) in [6, 6.07) is 22.5. The van der Waals surface area contributed by atoms with Crippen molar-refractivity contribution in [3.05, 3.63) is 100 Å². The molecule has 0 unspecified atom stereocenters. The van der Waals surface area contributed by atoms with Crippen LogP contribution in [-0.2, 0) is 19.9 Å². The van der Waals surface area contributed by atoms with Gasteiger partial charge in [-0.15, -0.1) is 0 Å². The fourth-order valence-corrected chi connectivity index (χ4v) is 6.89. The van der Waals surface area contributed by atoms with Crippen LogP contribution >= 0.6 is 0 Å². The number of nitrogens with zero attached hydrogens (tertiary/aromatic N) is 1. The Morgan fingerprint density at radius 1 is 0.765 bits per heavy atom. The van der Waals surface area contributed by atoms with Crippen molar-refractivity contribution in [2.75, 3.05) is 0 Å². The summed E-state index contributed by atoms with van der Waals surface area (Å²) in [5.74, 6) is -0.459. The summed E-state index contributed by atoms with van der Waals surface area (Å²) in [6.07, 6.45) is 9.78. The van der Waals surface area contributed by atoms with E-state index >= 15 is 0 Å². The van der Waals surface area contributed by atoms with Crippen molar-refractivity contribution < 1.29 is 5.94 Å². The largest absolute Gasteiger partial charge is 0.213 e. The lowest BCUT2D eigenvalue weighted by Crippen LogP contribution is -2.31. The summed E-state index contributed by atoms with van der Waals surface area (Å²) in [5, 5.41) is 0. The third-order valence-electron chi connectivity index (χ3n) is 8.55. The van der Waals surface area contributed by atoms with Crippen molar-refractivity contribution in [2.24, 2.45) is 7.05 Å². The van der Waals surface area contributed by atoms with E-state index in [1.807, 2.05) is 0 Å². The van der Waals surface area contributed by atoms with Gasteiger partial charge in [0.15, 0.2) is 6.20 Å². The molecule has 0 aliphatic heterocycles. The van der Waals surface area contributed by atoms with Gasteiger partial charge in [-0.2, -0.15) is 0 Å². The molecule has 3 aliphatic carbocycles. The summed E-state index contributed by atoms with van der Waals surface area (Å²) in [7, 11) is 2.17. The lowest BCUT2D eigenvalue weighted by atomic mass is 9.82. The molecule has 3 aliphatic rings. The van der Waals surface area contributed by atoms with Gasteiger partial charge in [0.1, 0.15) is 7.05 Å². The molecule has 1 heterocycles. The SMILES string of the molecule is [2H]C1(c2cc[n+](C)c(-c3c(C)c4c(c5c3-c3ccccc3C5)Cc3ccccc3-4)c2)CCCCC1. The predicted molar refractivity (Wildman–Crippen MR) is 140 cm³/mol. The zero-order valence-corrected chi connectivity index (χ0v) is 20.2. The number of benzene rings is 3. The second-order valence-electron chi connectivity index (χ2n) is 10.5. The van der Waals surface area contributed by atoms with Crippen LogP contribution in [0.4, 0.5) is 0 Å². The summed E-state index contributed by atoms with van der Waals surface area (Å²) in [5.41, 5.74) is 16.8. The van der Waals surface area contributed by atoms with E-state index in [2.05, 4.69) is 85.4 Å². The normalized spacial score (nSPS) is 17.5. The molecule has 1 fully saturated rings. The fraction of sp³-hybridized carbons (Fsp3) is 0.303. The molecular formula is C33H32N+. The standard InChI is InChI=1S/C33H32N/c1-21-31-26-14-8-6-12-24(26)18-28(31)29-19-25-13-7-9-15-27(25)33(29)32(21)30-20-23(16-17-34(30)2)22-10-4-3-5-11-22/h6-9,12-17,20,22H,3-5,10-11,18-19H2,1-2H3/q+1/i22D. The van der Waals surface area contributed by atoms with Crippen molar-refractivity contribution in [3.8, 4) is 33.5 Å². The van der Waals surface area contributed by atoms with E-state index in [4.69, 9.17) is 0 Å². The first-order chi connectivity index (χ1) is 17.0.